The summed E-state index contributed by atoms with van der Waals surface area (Å²) in [5, 5.41) is 9.96. The van der Waals surface area contributed by atoms with E-state index in [0.717, 1.165) is 5.56 Å². The number of piperidine rings is 1. The largest absolute Gasteiger partial charge is 0.491 e. The Labute approximate surface area is 185 Å². The lowest BCUT2D eigenvalue weighted by Crippen LogP contribution is -2.51. The van der Waals surface area contributed by atoms with Crippen molar-refractivity contribution in [3.05, 3.63) is 29.8 Å². The van der Waals surface area contributed by atoms with Gasteiger partial charge in [-0.15, -0.1) is 0 Å². The third-order valence-electron chi connectivity index (χ3n) is 5.29. The van der Waals surface area contributed by atoms with Gasteiger partial charge in [-0.3, -0.25) is 4.79 Å². The summed E-state index contributed by atoms with van der Waals surface area (Å²) >= 11 is 0. The molecule has 0 aliphatic carbocycles. The van der Waals surface area contributed by atoms with Crippen LogP contribution >= 0.6 is 0 Å². The van der Waals surface area contributed by atoms with E-state index < -0.39 is 22.9 Å². The summed E-state index contributed by atoms with van der Waals surface area (Å²) in [4.78, 5) is 26.9. The van der Waals surface area contributed by atoms with Gasteiger partial charge in [-0.05, 0) is 72.1 Å². The van der Waals surface area contributed by atoms with Crippen molar-refractivity contribution in [2.75, 3.05) is 19.7 Å². The number of likely N-dealkylation sites (tertiary alicyclic amines) is 1. The maximum absolute atomic E-state index is 12.7. The van der Waals surface area contributed by atoms with Crippen molar-refractivity contribution in [1.82, 2.24) is 4.90 Å². The van der Waals surface area contributed by atoms with E-state index in [4.69, 9.17) is 14.2 Å². The van der Waals surface area contributed by atoms with Crippen molar-refractivity contribution in [2.24, 2.45) is 5.92 Å². The number of ether oxygens (including phenoxy) is 3. The third-order valence-corrected chi connectivity index (χ3v) is 5.29. The second-order valence-corrected chi connectivity index (χ2v) is 9.13. The highest BCUT2D eigenvalue weighted by Crippen LogP contribution is 2.44. The first-order valence-corrected chi connectivity index (χ1v) is 10.8. The quantitative estimate of drug-likeness (QED) is 0.620. The summed E-state index contributed by atoms with van der Waals surface area (Å²) in [7, 11) is 0. The number of carbonyl (C=O) groups is 2. The summed E-state index contributed by atoms with van der Waals surface area (Å²) in [6.45, 7) is 12.0. The average Bonchev–Trinajstić information content (AvgIpc) is 2.67. The van der Waals surface area contributed by atoms with Crippen molar-refractivity contribution in [3.8, 4) is 11.8 Å². The average molecular weight is 431 g/mol. The van der Waals surface area contributed by atoms with Crippen LogP contribution in [-0.4, -0.2) is 48.4 Å². The standard InChI is InChI=1S/C24H34N2O5/c1-7-29-21(27)20(16-25)24(18-9-8-10-19(15-18)30-17(2)3)11-13-26(14-12-24)22(28)31-23(4,5)6/h8-10,15,17,20H,7,11-14H2,1-6H3. The highest BCUT2D eigenvalue weighted by Gasteiger charge is 2.48. The van der Waals surface area contributed by atoms with E-state index in [1.165, 1.54) is 0 Å². The summed E-state index contributed by atoms with van der Waals surface area (Å²) in [6, 6.07) is 9.73. The molecular formula is C24H34N2O5. The minimum Gasteiger partial charge on any atom is -0.491 e. The SMILES string of the molecule is CCOC(=O)C(C#N)C1(c2cccc(OC(C)C)c2)CCN(C(=O)OC(C)(C)C)CC1. The van der Waals surface area contributed by atoms with Crippen LogP contribution in [0.25, 0.3) is 0 Å². The van der Waals surface area contributed by atoms with Gasteiger partial charge in [-0.2, -0.15) is 5.26 Å². The second-order valence-electron chi connectivity index (χ2n) is 9.13. The van der Waals surface area contributed by atoms with E-state index in [-0.39, 0.29) is 18.8 Å². The normalized spacial score (nSPS) is 16.9. The van der Waals surface area contributed by atoms with E-state index in [1.54, 1.807) is 11.8 Å². The number of hydrogen-bond donors (Lipinski definition) is 0. The van der Waals surface area contributed by atoms with Crippen LogP contribution in [0, 0.1) is 17.2 Å². The molecule has 0 radical (unpaired) electrons. The Morgan fingerprint density at radius 1 is 1.23 bits per heavy atom. The van der Waals surface area contributed by atoms with Crippen molar-refractivity contribution in [1.29, 1.82) is 5.26 Å². The van der Waals surface area contributed by atoms with Crippen LogP contribution in [0.4, 0.5) is 4.79 Å². The number of nitriles is 1. The zero-order chi connectivity index (χ0) is 23.2. The molecule has 1 aliphatic rings. The molecule has 31 heavy (non-hydrogen) atoms. The fourth-order valence-corrected chi connectivity index (χ4v) is 3.94. The van der Waals surface area contributed by atoms with E-state index in [0.29, 0.717) is 31.7 Å². The Balaban J connectivity index is 2.39. The molecule has 0 N–H and O–H groups in total. The fourth-order valence-electron chi connectivity index (χ4n) is 3.94. The summed E-state index contributed by atoms with van der Waals surface area (Å²) < 4.78 is 16.6. The van der Waals surface area contributed by atoms with Gasteiger partial charge in [0.15, 0.2) is 5.92 Å². The molecule has 1 aliphatic heterocycles. The van der Waals surface area contributed by atoms with Crippen LogP contribution in [0.3, 0.4) is 0 Å². The van der Waals surface area contributed by atoms with Gasteiger partial charge in [0, 0.05) is 18.5 Å². The maximum Gasteiger partial charge on any atom is 0.410 e. The zero-order valence-electron chi connectivity index (χ0n) is 19.4. The first-order chi connectivity index (χ1) is 14.5. The van der Waals surface area contributed by atoms with E-state index in [1.807, 2.05) is 58.9 Å². The predicted octanol–water partition coefficient (Wildman–Crippen LogP) is 4.45. The highest BCUT2D eigenvalue weighted by molar-refractivity contribution is 5.78. The Kier molecular flexibility index (Phi) is 7.94. The molecule has 1 atom stereocenters. The molecule has 1 amide bonds. The number of esters is 1. The zero-order valence-corrected chi connectivity index (χ0v) is 19.4. The summed E-state index contributed by atoms with van der Waals surface area (Å²) in [5.74, 6) is -0.838. The van der Waals surface area contributed by atoms with Crippen molar-refractivity contribution >= 4 is 12.1 Å². The van der Waals surface area contributed by atoms with Gasteiger partial charge in [0.2, 0.25) is 0 Å². The molecule has 2 rings (SSSR count). The molecule has 1 saturated heterocycles. The lowest BCUT2D eigenvalue weighted by molar-refractivity contribution is -0.149. The van der Waals surface area contributed by atoms with Gasteiger partial charge < -0.3 is 19.1 Å². The predicted molar refractivity (Wildman–Crippen MR) is 117 cm³/mol. The summed E-state index contributed by atoms with van der Waals surface area (Å²) in [5.41, 5.74) is -0.529. The van der Waals surface area contributed by atoms with Crippen LogP contribution in [0.15, 0.2) is 24.3 Å². The molecule has 170 valence electrons. The Morgan fingerprint density at radius 2 is 1.87 bits per heavy atom. The second kappa shape index (κ2) is 10.0. The Morgan fingerprint density at radius 3 is 2.39 bits per heavy atom. The highest BCUT2D eigenvalue weighted by atomic mass is 16.6. The van der Waals surface area contributed by atoms with Crippen LogP contribution in [0.2, 0.25) is 0 Å². The van der Waals surface area contributed by atoms with Gasteiger partial charge in [0.25, 0.3) is 0 Å². The fraction of sp³-hybridized carbons (Fsp3) is 0.625. The van der Waals surface area contributed by atoms with Crippen molar-refractivity contribution in [2.45, 2.75) is 71.5 Å². The maximum atomic E-state index is 12.7. The molecule has 7 nitrogen and oxygen atoms in total. The Bertz CT molecular complexity index is 814. The molecule has 1 heterocycles. The molecule has 0 saturated carbocycles. The van der Waals surface area contributed by atoms with Crippen molar-refractivity contribution < 1.29 is 23.8 Å². The van der Waals surface area contributed by atoms with Gasteiger partial charge in [-0.25, -0.2) is 4.79 Å². The number of rotatable bonds is 6. The van der Waals surface area contributed by atoms with Crippen LogP contribution in [0.1, 0.15) is 59.9 Å². The minimum absolute atomic E-state index is 0.00274. The number of nitrogens with zero attached hydrogens (tertiary/aromatic N) is 2. The van der Waals surface area contributed by atoms with E-state index in [2.05, 4.69) is 6.07 Å². The molecular weight excluding hydrogens is 396 g/mol. The molecule has 0 spiro atoms. The number of benzene rings is 1. The number of hydrogen-bond acceptors (Lipinski definition) is 6. The minimum atomic E-state index is -0.984. The topological polar surface area (TPSA) is 88.9 Å². The molecule has 1 fully saturated rings. The van der Waals surface area contributed by atoms with E-state index in [9.17, 15) is 14.9 Å². The first kappa shape index (κ1) is 24.5. The smallest absolute Gasteiger partial charge is 0.410 e. The van der Waals surface area contributed by atoms with E-state index >= 15 is 0 Å². The summed E-state index contributed by atoms with van der Waals surface area (Å²) in [6.07, 6.45) is 0.489. The lowest BCUT2D eigenvalue weighted by atomic mass is 9.64. The van der Waals surface area contributed by atoms with Crippen LogP contribution in [0.5, 0.6) is 5.75 Å². The van der Waals surface area contributed by atoms with Gasteiger partial charge in [0.05, 0.1) is 18.8 Å². The molecule has 1 aromatic carbocycles. The number of carbonyl (C=O) groups excluding carboxylic acids is 2. The molecule has 7 heteroatoms. The third kappa shape index (κ3) is 6.13. The molecule has 0 bridgehead atoms. The van der Waals surface area contributed by atoms with Gasteiger partial charge in [0.1, 0.15) is 11.4 Å². The molecule has 1 aromatic rings. The molecule has 1 unspecified atom stereocenters. The molecule has 0 aromatic heterocycles. The number of amides is 1. The van der Waals surface area contributed by atoms with Crippen LogP contribution < -0.4 is 4.74 Å². The van der Waals surface area contributed by atoms with Crippen LogP contribution in [-0.2, 0) is 19.7 Å². The first-order valence-electron chi connectivity index (χ1n) is 10.8. The van der Waals surface area contributed by atoms with Gasteiger partial charge in [-0.1, -0.05) is 12.1 Å². The monoisotopic (exact) mass is 430 g/mol. The van der Waals surface area contributed by atoms with Gasteiger partial charge >= 0.3 is 12.1 Å². The Hall–Kier alpha value is -2.75. The lowest BCUT2D eigenvalue weighted by Gasteiger charge is -2.44. The van der Waals surface area contributed by atoms with Crippen molar-refractivity contribution in [3.63, 3.8) is 0 Å².